The first-order chi connectivity index (χ1) is 4.75. The van der Waals surface area contributed by atoms with Crippen LogP contribution in [-0.2, 0) is 0 Å². The Morgan fingerprint density at radius 2 is 2.50 bits per heavy atom. The van der Waals surface area contributed by atoms with Crippen LogP contribution in [0.2, 0.25) is 0 Å². The standard InChI is InChI=1S/C7H6O/c8-6-7-4-2-1-3-5-7/h1-6H/i2D,4D. The van der Waals surface area contributed by atoms with Crippen LogP contribution in [-0.4, -0.2) is 6.29 Å². The van der Waals surface area contributed by atoms with Crippen LogP contribution < -0.4 is 0 Å². The molecule has 0 bridgehead atoms. The van der Waals surface area contributed by atoms with E-state index >= 15 is 0 Å². The van der Waals surface area contributed by atoms with Crippen molar-refractivity contribution in [2.45, 2.75) is 0 Å². The summed E-state index contributed by atoms with van der Waals surface area (Å²) in [6.07, 6.45) is 0.584. The second-order valence-electron chi connectivity index (χ2n) is 1.37. The average Bonchev–Trinajstić information content (AvgIpc) is 1.95. The first kappa shape index (κ1) is 3.02. The van der Waals surface area contributed by atoms with Gasteiger partial charge in [-0.05, 0) is 0 Å². The Hall–Kier alpha value is -1.11. The van der Waals surface area contributed by atoms with E-state index in [1.807, 2.05) is 0 Å². The molecule has 1 rings (SSSR count). The molecule has 0 saturated carbocycles. The number of hydrogen-bond donors (Lipinski definition) is 0. The minimum Gasteiger partial charge on any atom is -0.298 e. The maximum Gasteiger partial charge on any atom is 0.150 e. The van der Waals surface area contributed by atoms with Gasteiger partial charge in [-0.1, -0.05) is 30.3 Å². The van der Waals surface area contributed by atoms with E-state index < -0.39 is 0 Å². The van der Waals surface area contributed by atoms with Crippen molar-refractivity contribution < 1.29 is 7.54 Å². The minimum absolute atomic E-state index is 0.00231. The van der Waals surface area contributed by atoms with E-state index in [1.54, 1.807) is 6.07 Å². The Balaban J connectivity index is 3.27. The van der Waals surface area contributed by atoms with Gasteiger partial charge in [0, 0.05) is 5.56 Å². The third-order valence-electron chi connectivity index (χ3n) is 0.799. The highest BCUT2D eigenvalue weighted by Crippen LogP contribution is 1.91. The zero-order valence-electron chi connectivity index (χ0n) is 6.22. The average molecular weight is 108 g/mol. The molecule has 0 aliphatic heterocycles. The van der Waals surface area contributed by atoms with Crippen LogP contribution in [0, 0.1) is 0 Å². The van der Waals surface area contributed by atoms with Gasteiger partial charge in [0.15, 0.2) is 0 Å². The number of rotatable bonds is 1. The Labute approximate surface area is 50.8 Å². The van der Waals surface area contributed by atoms with E-state index in [0.717, 1.165) is 0 Å². The number of benzene rings is 1. The molecule has 0 spiro atoms. The number of carbonyl (C=O) groups excluding carboxylic acids is 1. The third kappa shape index (κ3) is 0.936. The van der Waals surface area contributed by atoms with Gasteiger partial charge in [-0.15, -0.1) is 0 Å². The molecule has 0 radical (unpaired) electrons. The van der Waals surface area contributed by atoms with Gasteiger partial charge in [0.1, 0.15) is 6.29 Å². The van der Waals surface area contributed by atoms with Crippen LogP contribution in [0.4, 0.5) is 0 Å². The number of aldehydes is 1. The van der Waals surface area contributed by atoms with Crippen LogP contribution in [0.5, 0.6) is 0 Å². The molecule has 40 valence electrons. The summed E-state index contributed by atoms with van der Waals surface area (Å²) in [5.74, 6) is 0. The second kappa shape index (κ2) is 2.26. The van der Waals surface area contributed by atoms with Crippen molar-refractivity contribution in [2.75, 3.05) is 0 Å². The van der Waals surface area contributed by atoms with Gasteiger partial charge in [0.05, 0.1) is 2.74 Å². The number of carbonyl (C=O) groups is 1. The molecule has 0 unspecified atom stereocenters. The van der Waals surface area contributed by atoms with Crippen molar-refractivity contribution >= 4 is 6.29 Å². The molecule has 0 saturated heterocycles. The molecule has 0 fully saturated rings. The summed E-state index contributed by atoms with van der Waals surface area (Å²) >= 11 is 0. The van der Waals surface area contributed by atoms with Crippen molar-refractivity contribution in [1.82, 2.24) is 0 Å². The molecule has 1 nitrogen and oxygen atoms in total. The van der Waals surface area contributed by atoms with Crippen molar-refractivity contribution in [3.63, 3.8) is 0 Å². The molecule has 0 aliphatic carbocycles. The summed E-state index contributed by atoms with van der Waals surface area (Å²) in [6.45, 7) is 0. The van der Waals surface area contributed by atoms with E-state index in [-0.39, 0.29) is 17.6 Å². The van der Waals surface area contributed by atoms with Gasteiger partial charge >= 0.3 is 0 Å². The lowest BCUT2D eigenvalue weighted by atomic mass is 10.2. The zero-order chi connectivity index (χ0) is 7.56. The Morgan fingerprint density at radius 3 is 3.12 bits per heavy atom. The second-order valence-corrected chi connectivity index (χ2v) is 1.37. The normalized spacial score (nSPS) is 12.0. The molecule has 0 heterocycles. The fourth-order valence-corrected chi connectivity index (χ4v) is 0.435. The highest BCUT2D eigenvalue weighted by atomic mass is 16.1. The van der Waals surface area contributed by atoms with Crippen molar-refractivity contribution in [3.05, 3.63) is 35.8 Å². The van der Waals surface area contributed by atoms with Crippen molar-refractivity contribution in [3.8, 4) is 0 Å². The number of hydrogen-bond acceptors (Lipinski definition) is 1. The molecule has 8 heavy (non-hydrogen) atoms. The fraction of sp³-hybridized carbons (Fsp3) is 0. The summed E-state index contributed by atoms with van der Waals surface area (Å²) in [6, 6.07) is 4.68. The van der Waals surface area contributed by atoms with E-state index in [9.17, 15) is 4.79 Å². The van der Waals surface area contributed by atoms with Crippen LogP contribution >= 0.6 is 0 Å². The molecule has 0 atom stereocenters. The largest absolute Gasteiger partial charge is 0.298 e. The van der Waals surface area contributed by atoms with E-state index in [0.29, 0.717) is 6.29 Å². The quantitative estimate of drug-likeness (QED) is 0.498. The van der Waals surface area contributed by atoms with E-state index in [1.165, 1.54) is 12.1 Å². The van der Waals surface area contributed by atoms with Crippen LogP contribution in [0.25, 0.3) is 0 Å². The molecule has 0 aromatic heterocycles. The molecular weight excluding hydrogens is 100 g/mol. The molecular formula is C7H6O. The van der Waals surface area contributed by atoms with Gasteiger partial charge in [-0.2, -0.15) is 0 Å². The summed E-state index contributed by atoms with van der Waals surface area (Å²) in [7, 11) is 0. The first-order valence-corrected chi connectivity index (χ1v) is 2.27. The Bertz CT molecular complexity index is 258. The molecule has 1 aromatic rings. The molecule has 1 heteroatoms. The van der Waals surface area contributed by atoms with Gasteiger partial charge in [-0.25, -0.2) is 0 Å². The van der Waals surface area contributed by atoms with Crippen LogP contribution in [0.15, 0.2) is 30.3 Å². The van der Waals surface area contributed by atoms with Gasteiger partial charge in [0.25, 0.3) is 0 Å². The molecule has 0 N–H and O–H groups in total. The SMILES string of the molecule is [2H]c1cccc(C=O)c1[2H]. The van der Waals surface area contributed by atoms with Crippen LogP contribution in [0.1, 0.15) is 13.1 Å². The molecule has 0 amide bonds. The highest BCUT2D eigenvalue weighted by Gasteiger charge is 1.79. The summed E-state index contributed by atoms with van der Waals surface area (Å²) in [4.78, 5) is 10.2. The predicted molar refractivity (Wildman–Crippen MR) is 31.8 cm³/mol. The third-order valence-corrected chi connectivity index (χ3v) is 0.799. The lowest BCUT2D eigenvalue weighted by molar-refractivity contribution is 0.112. The maximum atomic E-state index is 10.2. The Morgan fingerprint density at radius 1 is 1.62 bits per heavy atom. The topological polar surface area (TPSA) is 17.1 Å². The van der Waals surface area contributed by atoms with Gasteiger partial charge in [0.2, 0.25) is 0 Å². The monoisotopic (exact) mass is 108 g/mol. The Kier molecular flexibility index (Phi) is 0.855. The van der Waals surface area contributed by atoms with Crippen molar-refractivity contribution in [1.29, 1.82) is 0 Å². The molecule has 0 aliphatic rings. The predicted octanol–water partition coefficient (Wildman–Crippen LogP) is 1.50. The summed E-state index contributed by atoms with van der Waals surface area (Å²) < 4.78 is 14.3. The van der Waals surface area contributed by atoms with Gasteiger partial charge in [-0.3, -0.25) is 4.79 Å². The smallest absolute Gasteiger partial charge is 0.150 e. The highest BCUT2D eigenvalue weighted by molar-refractivity contribution is 5.74. The lowest BCUT2D eigenvalue weighted by Gasteiger charge is -1.81. The van der Waals surface area contributed by atoms with E-state index in [4.69, 9.17) is 2.74 Å². The minimum atomic E-state index is -0.00231. The van der Waals surface area contributed by atoms with E-state index in [2.05, 4.69) is 0 Å². The van der Waals surface area contributed by atoms with Crippen molar-refractivity contribution in [2.24, 2.45) is 0 Å². The van der Waals surface area contributed by atoms with Crippen LogP contribution in [0.3, 0.4) is 0 Å². The fourth-order valence-electron chi connectivity index (χ4n) is 0.435. The maximum absolute atomic E-state index is 10.2. The molecule has 1 aromatic carbocycles. The van der Waals surface area contributed by atoms with Gasteiger partial charge < -0.3 is 0 Å². The first-order valence-electron chi connectivity index (χ1n) is 3.27. The zero-order valence-corrected chi connectivity index (χ0v) is 4.22. The lowest BCUT2D eigenvalue weighted by Crippen LogP contribution is -1.73. The summed E-state index contributed by atoms with van der Waals surface area (Å²) in [5.41, 5.74) is 0.271. The summed E-state index contributed by atoms with van der Waals surface area (Å²) in [5, 5.41) is 0.